The molecule has 0 radical (unpaired) electrons. The van der Waals surface area contributed by atoms with E-state index in [4.69, 9.17) is 17.3 Å². The Balaban J connectivity index is 2.22. The summed E-state index contributed by atoms with van der Waals surface area (Å²) < 4.78 is 27.1. The third-order valence-electron chi connectivity index (χ3n) is 2.89. The fourth-order valence-electron chi connectivity index (χ4n) is 1.83. The fourth-order valence-corrected chi connectivity index (χ4v) is 3.28. The predicted molar refractivity (Wildman–Crippen MR) is 79.8 cm³/mol. The Morgan fingerprint density at radius 2 is 1.60 bits per heavy atom. The molecule has 2 aromatic rings. The highest BCUT2D eigenvalue weighted by Gasteiger charge is 2.17. The highest BCUT2D eigenvalue weighted by atomic mass is 35.5. The van der Waals surface area contributed by atoms with Gasteiger partial charge in [-0.1, -0.05) is 48.0 Å². The van der Waals surface area contributed by atoms with Crippen LogP contribution in [0.2, 0.25) is 5.02 Å². The smallest absolute Gasteiger partial charge is 0.241 e. The highest BCUT2D eigenvalue weighted by molar-refractivity contribution is 7.89. The third kappa shape index (κ3) is 3.37. The second kappa shape index (κ2) is 6.37. The van der Waals surface area contributed by atoms with Gasteiger partial charge in [0.05, 0.1) is 4.90 Å². The van der Waals surface area contributed by atoms with Crippen molar-refractivity contribution in [2.75, 3.05) is 0 Å². The van der Waals surface area contributed by atoms with Gasteiger partial charge in [0.15, 0.2) is 0 Å². The molecule has 20 heavy (non-hydrogen) atoms. The van der Waals surface area contributed by atoms with Crippen LogP contribution < -0.4 is 10.5 Å². The molecule has 0 atom stereocenters. The quantitative estimate of drug-likeness (QED) is 0.890. The summed E-state index contributed by atoms with van der Waals surface area (Å²) in [5, 5.41) is 0.530. The first kappa shape index (κ1) is 15.0. The van der Waals surface area contributed by atoms with Gasteiger partial charge in [0.1, 0.15) is 0 Å². The predicted octanol–water partition coefficient (Wildman–Crippen LogP) is 2.28. The van der Waals surface area contributed by atoms with E-state index in [0.29, 0.717) is 10.6 Å². The van der Waals surface area contributed by atoms with Crippen LogP contribution in [0.3, 0.4) is 0 Å². The number of rotatable bonds is 5. The Bertz CT molecular complexity index is 702. The Kier molecular flexibility index (Phi) is 4.77. The lowest BCUT2D eigenvalue weighted by Gasteiger charge is -2.11. The number of sulfonamides is 1. The van der Waals surface area contributed by atoms with E-state index in [-0.39, 0.29) is 18.0 Å². The summed E-state index contributed by atoms with van der Waals surface area (Å²) in [5.41, 5.74) is 6.87. The van der Waals surface area contributed by atoms with Gasteiger partial charge < -0.3 is 5.73 Å². The monoisotopic (exact) mass is 310 g/mol. The molecule has 2 aromatic carbocycles. The molecule has 0 bridgehead atoms. The summed E-state index contributed by atoms with van der Waals surface area (Å²) in [6.45, 7) is 0.310. The van der Waals surface area contributed by atoms with E-state index in [9.17, 15) is 8.42 Å². The molecule has 0 heterocycles. The molecule has 0 saturated carbocycles. The van der Waals surface area contributed by atoms with Gasteiger partial charge in [-0.25, -0.2) is 13.1 Å². The fraction of sp³-hybridized carbons (Fsp3) is 0.143. The highest BCUT2D eigenvalue weighted by Crippen LogP contribution is 2.18. The zero-order valence-electron chi connectivity index (χ0n) is 10.7. The molecule has 0 aromatic heterocycles. The average molecular weight is 311 g/mol. The summed E-state index contributed by atoms with van der Waals surface area (Å²) in [6, 6.07) is 13.8. The molecule has 106 valence electrons. The number of hydrogen-bond donors (Lipinski definition) is 2. The van der Waals surface area contributed by atoms with E-state index in [0.717, 1.165) is 5.56 Å². The molecule has 0 unspecified atom stereocenters. The molecule has 4 nitrogen and oxygen atoms in total. The summed E-state index contributed by atoms with van der Waals surface area (Å²) >= 11 is 6.00. The Hall–Kier alpha value is -1.40. The number of nitrogens with two attached hydrogens (primary N) is 1. The van der Waals surface area contributed by atoms with Crippen molar-refractivity contribution in [2.45, 2.75) is 18.0 Å². The maximum Gasteiger partial charge on any atom is 0.241 e. The van der Waals surface area contributed by atoms with Crippen molar-refractivity contribution in [1.29, 1.82) is 0 Å². The van der Waals surface area contributed by atoms with Crippen molar-refractivity contribution < 1.29 is 8.42 Å². The first-order valence-corrected chi connectivity index (χ1v) is 7.92. The van der Waals surface area contributed by atoms with E-state index >= 15 is 0 Å². The van der Waals surface area contributed by atoms with E-state index in [1.165, 1.54) is 6.07 Å². The summed E-state index contributed by atoms with van der Waals surface area (Å²) in [4.78, 5) is 0.203. The molecule has 0 saturated heterocycles. The van der Waals surface area contributed by atoms with Crippen molar-refractivity contribution in [3.05, 3.63) is 64.7 Å². The van der Waals surface area contributed by atoms with Crippen LogP contribution in [0.4, 0.5) is 0 Å². The lowest BCUT2D eigenvalue weighted by molar-refractivity contribution is 0.580. The topological polar surface area (TPSA) is 72.2 Å². The largest absolute Gasteiger partial charge is 0.326 e. The van der Waals surface area contributed by atoms with Crippen molar-refractivity contribution in [3.63, 3.8) is 0 Å². The molecule has 0 spiro atoms. The zero-order valence-corrected chi connectivity index (χ0v) is 12.3. The molecule has 0 aliphatic carbocycles. The van der Waals surface area contributed by atoms with Gasteiger partial charge in [-0.3, -0.25) is 0 Å². The first-order valence-electron chi connectivity index (χ1n) is 6.05. The molecular weight excluding hydrogens is 296 g/mol. The van der Waals surface area contributed by atoms with E-state index in [1.54, 1.807) is 36.4 Å². The standard InChI is InChI=1S/C14H15ClN2O2S/c15-13-7-3-1-6-12(13)10-17-20(18,19)14-8-4-2-5-11(14)9-16/h1-8,17H,9-10,16H2. The summed E-state index contributed by atoms with van der Waals surface area (Å²) in [7, 11) is -3.61. The van der Waals surface area contributed by atoms with Gasteiger partial charge in [0, 0.05) is 18.1 Å². The molecule has 0 aliphatic heterocycles. The molecule has 2 rings (SSSR count). The number of nitrogens with one attached hydrogen (secondary N) is 1. The molecule has 0 amide bonds. The Morgan fingerprint density at radius 1 is 1.00 bits per heavy atom. The van der Waals surface area contributed by atoms with Crippen molar-refractivity contribution in [1.82, 2.24) is 4.72 Å². The molecule has 3 N–H and O–H groups in total. The third-order valence-corrected chi connectivity index (χ3v) is 4.76. The van der Waals surface area contributed by atoms with Gasteiger partial charge in [-0.15, -0.1) is 0 Å². The van der Waals surface area contributed by atoms with Crippen molar-refractivity contribution in [2.24, 2.45) is 5.73 Å². The second-order valence-electron chi connectivity index (χ2n) is 4.23. The Morgan fingerprint density at radius 3 is 2.25 bits per heavy atom. The van der Waals surface area contributed by atoms with Crippen LogP contribution in [0.25, 0.3) is 0 Å². The SMILES string of the molecule is NCc1ccccc1S(=O)(=O)NCc1ccccc1Cl. The maximum absolute atomic E-state index is 12.3. The summed E-state index contributed by atoms with van der Waals surface area (Å²) in [6.07, 6.45) is 0. The maximum atomic E-state index is 12.3. The summed E-state index contributed by atoms with van der Waals surface area (Å²) in [5.74, 6) is 0. The minimum atomic E-state index is -3.61. The van der Waals surface area contributed by atoms with Crippen molar-refractivity contribution >= 4 is 21.6 Å². The lowest BCUT2D eigenvalue weighted by Crippen LogP contribution is -2.25. The van der Waals surface area contributed by atoms with Crippen LogP contribution in [0.5, 0.6) is 0 Å². The molecule has 0 fully saturated rings. The Labute approximate surface area is 123 Å². The molecule has 6 heteroatoms. The number of benzene rings is 2. The van der Waals surface area contributed by atoms with Crippen LogP contribution in [-0.4, -0.2) is 8.42 Å². The van der Waals surface area contributed by atoms with Crippen LogP contribution in [0.1, 0.15) is 11.1 Å². The number of halogens is 1. The van der Waals surface area contributed by atoms with E-state index < -0.39 is 10.0 Å². The van der Waals surface area contributed by atoms with Gasteiger partial charge >= 0.3 is 0 Å². The minimum absolute atomic E-state index is 0.140. The number of hydrogen-bond acceptors (Lipinski definition) is 3. The van der Waals surface area contributed by atoms with Crippen LogP contribution in [0.15, 0.2) is 53.4 Å². The van der Waals surface area contributed by atoms with Gasteiger partial charge in [-0.2, -0.15) is 0 Å². The average Bonchev–Trinajstić information content (AvgIpc) is 2.46. The van der Waals surface area contributed by atoms with E-state index in [2.05, 4.69) is 4.72 Å². The minimum Gasteiger partial charge on any atom is -0.326 e. The second-order valence-corrected chi connectivity index (χ2v) is 6.37. The normalized spacial score (nSPS) is 11.5. The van der Waals surface area contributed by atoms with Crippen LogP contribution in [-0.2, 0) is 23.1 Å². The molecular formula is C14H15ClN2O2S. The molecule has 0 aliphatic rings. The van der Waals surface area contributed by atoms with Gasteiger partial charge in [0.25, 0.3) is 0 Å². The van der Waals surface area contributed by atoms with E-state index in [1.807, 2.05) is 6.07 Å². The first-order chi connectivity index (χ1) is 9.54. The van der Waals surface area contributed by atoms with Gasteiger partial charge in [0.2, 0.25) is 10.0 Å². The van der Waals surface area contributed by atoms with Crippen LogP contribution in [0, 0.1) is 0 Å². The van der Waals surface area contributed by atoms with Crippen LogP contribution >= 0.6 is 11.6 Å². The van der Waals surface area contributed by atoms with Crippen molar-refractivity contribution in [3.8, 4) is 0 Å². The zero-order chi connectivity index (χ0) is 14.6. The van der Waals surface area contributed by atoms with Gasteiger partial charge in [-0.05, 0) is 23.3 Å². The lowest BCUT2D eigenvalue weighted by atomic mass is 10.2.